The van der Waals surface area contributed by atoms with E-state index in [0.717, 1.165) is 31.9 Å². The van der Waals surface area contributed by atoms with Crippen molar-refractivity contribution in [2.45, 2.75) is 13.0 Å². The molecule has 0 radical (unpaired) electrons. The number of ether oxygens (including phenoxy) is 1. The van der Waals surface area contributed by atoms with E-state index in [1.807, 2.05) is 6.07 Å². The second kappa shape index (κ2) is 6.76. The molecule has 1 saturated heterocycles. The summed E-state index contributed by atoms with van der Waals surface area (Å²) in [6, 6.07) is 7.43. The largest absolute Gasteiger partial charge is 0.381 e. The van der Waals surface area contributed by atoms with Crippen molar-refractivity contribution in [1.82, 2.24) is 4.90 Å². The van der Waals surface area contributed by atoms with Crippen LogP contribution in [0.25, 0.3) is 0 Å². The van der Waals surface area contributed by atoms with Crippen LogP contribution >= 0.6 is 11.6 Å². The molecule has 0 saturated carbocycles. The van der Waals surface area contributed by atoms with Crippen LogP contribution in [-0.2, 0) is 4.74 Å². The molecule has 0 amide bonds. The molecule has 1 atom stereocenters. The first-order valence-corrected chi connectivity index (χ1v) is 6.88. The molecule has 1 aromatic carbocycles. The highest BCUT2D eigenvalue weighted by atomic mass is 35.5. The maximum absolute atomic E-state index is 9.07. The van der Waals surface area contributed by atoms with Gasteiger partial charge in [0.25, 0.3) is 0 Å². The normalized spacial score (nSPS) is 19.9. The van der Waals surface area contributed by atoms with Crippen LogP contribution in [0.5, 0.6) is 0 Å². The average molecular weight is 280 g/mol. The number of hydrogen-bond acceptors (Lipinski definition) is 4. The summed E-state index contributed by atoms with van der Waals surface area (Å²) in [5.74, 6) is 0. The predicted octanol–water partition coefficient (Wildman–Crippen LogP) is 2.34. The molecule has 1 N–H and O–H groups in total. The molecule has 2 rings (SSSR count). The number of nitrogens with one attached hydrogen (secondary N) is 1. The minimum atomic E-state index is 0.163. The number of nitriles is 1. The summed E-state index contributed by atoms with van der Waals surface area (Å²) in [6.45, 7) is 6.60. The highest BCUT2D eigenvalue weighted by Gasteiger charge is 2.19. The highest BCUT2D eigenvalue weighted by molar-refractivity contribution is 6.30. The molecule has 0 aromatic heterocycles. The lowest BCUT2D eigenvalue weighted by molar-refractivity contribution is -0.0191. The fourth-order valence-electron chi connectivity index (χ4n) is 2.18. The number of nitrogens with zero attached hydrogens (tertiary/aromatic N) is 2. The molecule has 1 fully saturated rings. The Bertz CT molecular complexity index is 472. The summed E-state index contributed by atoms with van der Waals surface area (Å²) < 4.78 is 5.72. The van der Waals surface area contributed by atoms with E-state index in [0.29, 0.717) is 17.1 Å². The maximum Gasteiger partial charge on any atom is 0.101 e. The number of morpholine rings is 1. The van der Waals surface area contributed by atoms with Crippen LogP contribution in [0.3, 0.4) is 0 Å². The second-order valence-electron chi connectivity index (χ2n) is 4.57. The highest BCUT2D eigenvalue weighted by Crippen LogP contribution is 2.20. The molecule has 1 heterocycles. The van der Waals surface area contributed by atoms with E-state index in [-0.39, 0.29) is 6.10 Å². The number of rotatable bonds is 4. The average Bonchev–Trinajstić information content (AvgIpc) is 2.46. The fourth-order valence-corrected chi connectivity index (χ4v) is 2.35. The smallest absolute Gasteiger partial charge is 0.101 e. The van der Waals surface area contributed by atoms with E-state index in [1.165, 1.54) is 0 Å². The van der Waals surface area contributed by atoms with Gasteiger partial charge in [-0.3, -0.25) is 4.90 Å². The number of anilines is 1. The Labute approximate surface area is 118 Å². The van der Waals surface area contributed by atoms with Gasteiger partial charge in [0.1, 0.15) is 6.07 Å². The van der Waals surface area contributed by atoms with Gasteiger partial charge in [-0.15, -0.1) is 0 Å². The third-order valence-corrected chi connectivity index (χ3v) is 3.53. The van der Waals surface area contributed by atoms with E-state index in [2.05, 4.69) is 23.2 Å². The lowest BCUT2D eigenvalue weighted by Gasteiger charge is -2.32. The molecular weight excluding hydrogens is 262 g/mol. The van der Waals surface area contributed by atoms with Gasteiger partial charge in [-0.05, 0) is 24.7 Å². The zero-order valence-corrected chi connectivity index (χ0v) is 11.8. The van der Waals surface area contributed by atoms with Crippen molar-refractivity contribution in [2.24, 2.45) is 0 Å². The van der Waals surface area contributed by atoms with Crippen LogP contribution in [0.15, 0.2) is 18.2 Å². The first-order valence-electron chi connectivity index (χ1n) is 6.50. The Morgan fingerprint density at radius 1 is 1.58 bits per heavy atom. The number of benzene rings is 1. The van der Waals surface area contributed by atoms with Crippen LogP contribution in [0.4, 0.5) is 5.69 Å². The molecule has 4 nitrogen and oxygen atoms in total. The van der Waals surface area contributed by atoms with Gasteiger partial charge in [0.2, 0.25) is 0 Å². The molecule has 102 valence electrons. The minimum Gasteiger partial charge on any atom is -0.381 e. The molecule has 19 heavy (non-hydrogen) atoms. The van der Waals surface area contributed by atoms with Gasteiger partial charge in [-0.2, -0.15) is 5.26 Å². The maximum atomic E-state index is 9.07. The van der Waals surface area contributed by atoms with Gasteiger partial charge in [0.15, 0.2) is 0 Å². The first-order chi connectivity index (χ1) is 9.22. The Kier molecular flexibility index (Phi) is 5.03. The second-order valence-corrected chi connectivity index (χ2v) is 5.01. The van der Waals surface area contributed by atoms with Crippen LogP contribution in [0.1, 0.15) is 12.5 Å². The van der Waals surface area contributed by atoms with Crippen molar-refractivity contribution in [2.75, 3.05) is 38.1 Å². The summed E-state index contributed by atoms with van der Waals surface area (Å²) in [6.07, 6.45) is 0.163. The molecule has 1 aliphatic heterocycles. The van der Waals surface area contributed by atoms with Gasteiger partial charge in [-0.1, -0.05) is 18.5 Å². The van der Waals surface area contributed by atoms with E-state index in [4.69, 9.17) is 21.6 Å². The van der Waals surface area contributed by atoms with E-state index in [9.17, 15) is 0 Å². The number of halogens is 1. The fraction of sp³-hybridized carbons (Fsp3) is 0.500. The Morgan fingerprint density at radius 2 is 2.42 bits per heavy atom. The first kappa shape index (κ1) is 14.1. The third-order valence-electron chi connectivity index (χ3n) is 3.29. The molecule has 0 aliphatic carbocycles. The quantitative estimate of drug-likeness (QED) is 0.919. The van der Waals surface area contributed by atoms with Gasteiger partial charge in [0.05, 0.1) is 24.0 Å². The third kappa shape index (κ3) is 3.84. The zero-order valence-electron chi connectivity index (χ0n) is 11.0. The zero-order chi connectivity index (χ0) is 13.7. The number of hydrogen-bond donors (Lipinski definition) is 1. The monoisotopic (exact) mass is 279 g/mol. The predicted molar refractivity (Wildman–Crippen MR) is 76.5 cm³/mol. The summed E-state index contributed by atoms with van der Waals surface area (Å²) >= 11 is 5.87. The molecule has 1 aromatic rings. The Balaban J connectivity index is 1.93. The summed E-state index contributed by atoms with van der Waals surface area (Å²) in [5.41, 5.74) is 1.37. The minimum absolute atomic E-state index is 0.163. The molecule has 1 aliphatic rings. The van der Waals surface area contributed by atoms with Crippen molar-refractivity contribution < 1.29 is 4.74 Å². The molecule has 1 unspecified atom stereocenters. The number of likely N-dealkylation sites (N-methyl/N-ethyl adjacent to an activating group) is 1. The van der Waals surface area contributed by atoms with Gasteiger partial charge >= 0.3 is 0 Å². The topological polar surface area (TPSA) is 48.3 Å². The molecule has 0 spiro atoms. The summed E-state index contributed by atoms with van der Waals surface area (Å²) in [5, 5.41) is 12.9. The van der Waals surface area contributed by atoms with Crippen LogP contribution in [-0.4, -0.2) is 43.8 Å². The Morgan fingerprint density at radius 3 is 3.16 bits per heavy atom. The van der Waals surface area contributed by atoms with Crippen molar-refractivity contribution >= 4 is 17.3 Å². The van der Waals surface area contributed by atoms with Gasteiger partial charge in [-0.25, -0.2) is 0 Å². The standard InChI is InChI=1S/C14H18ClN3O/c1-2-18-5-6-19-13(10-18)9-17-14-4-3-12(15)7-11(14)8-16/h3-4,7,13,17H,2,5-6,9-10H2,1H3. The van der Waals surface area contributed by atoms with Crippen LogP contribution in [0, 0.1) is 11.3 Å². The molecule has 0 bridgehead atoms. The van der Waals surface area contributed by atoms with E-state index >= 15 is 0 Å². The van der Waals surface area contributed by atoms with Crippen molar-refractivity contribution in [3.05, 3.63) is 28.8 Å². The summed E-state index contributed by atoms with van der Waals surface area (Å²) in [4.78, 5) is 2.36. The van der Waals surface area contributed by atoms with Crippen molar-refractivity contribution in [3.63, 3.8) is 0 Å². The van der Waals surface area contributed by atoms with Crippen molar-refractivity contribution in [1.29, 1.82) is 5.26 Å². The van der Waals surface area contributed by atoms with Gasteiger partial charge in [0, 0.05) is 24.7 Å². The molecule has 5 heteroatoms. The SMILES string of the molecule is CCN1CCOC(CNc2ccc(Cl)cc2C#N)C1. The Hall–Kier alpha value is -1.28. The van der Waals surface area contributed by atoms with E-state index in [1.54, 1.807) is 12.1 Å². The van der Waals surface area contributed by atoms with Crippen LogP contribution in [0.2, 0.25) is 5.02 Å². The molecular formula is C14H18ClN3O. The lowest BCUT2D eigenvalue weighted by Crippen LogP contribution is -2.45. The van der Waals surface area contributed by atoms with Crippen molar-refractivity contribution in [3.8, 4) is 6.07 Å². The lowest BCUT2D eigenvalue weighted by atomic mass is 10.2. The van der Waals surface area contributed by atoms with E-state index < -0.39 is 0 Å². The van der Waals surface area contributed by atoms with Crippen LogP contribution < -0.4 is 5.32 Å². The van der Waals surface area contributed by atoms with Gasteiger partial charge < -0.3 is 10.1 Å². The summed E-state index contributed by atoms with van der Waals surface area (Å²) in [7, 11) is 0.